The molecule has 1 aromatic rings. The Balaban J connectivity index is 1.69. The second-order valence-electron chi connectivity index (χ2n) is 5.29. The van der Waals surface area contributed by atoms with E-state index in [4.69, 9.17) is 9.47 Å². The van der Waals surface area contributed by atoms with Gasteiger partial charge in [-0.1, -0.05) is 18.2 Å². The Kier molecular flexibility index (Phi) is 3.44. The van der Waals surface area contributed by atoms with Gasteiger partial charge in [-0.2, -0.15) is 0 Å². The number of fused-ring (bicyclic) bond motifs is 1. The lowest BCUT2D eigenvalue weighted by Crippen LogP contribution is -2.28. The maximum Gasteiger partial charge on any atom is 0.338 e. The second kappa shape index (κ2) is 5.25. The first-order valence-electron chi connectivity index (χ1n) is 6.75. The summed E-state index contributed by atoms with van der Waals surface area (Å²) in [6.07, 6.45) is 0.152. The Morgan fingerprint density at radius 3 is 2.80 bits per heavy atom. The topological polar surface area (TPSA) is 72.8 Å². The summed E-state index contributed by atoms with van der Waals surface area (Å²) in [5.41, 5.74) is 0.484. The number of esters is 2. The first-order chi connectivity index (χ1) is 9.69. The molecule has 1 N–H and O–H groups in total. The summed E-state index contributed by atoms with van der Waals surface area (Å²) in [5.74, 6) is -0.896. The number of hydrogen-bond acceptors (Lipinski definition) is 5. The number of aliphatic hydroxyl groups excluding tert-OH is 1. The van der Waals surface area contributed by atoms with Gasteiger partial charge in [-0.3, -0.25) is 4.79 Å². The van der Waals surface area contributed by atoms with Gasteiger partial charge < -0.3 is 14.6 Å². The van der Waals surface area contributed by atoms with E-state index < -0.39 is 12.1 Å². The summed E-state index contributed by atoms with van der Waals surface area (Å²) in [5, 5.41) is 9.50. The van der Waals surface area contributed by atoms with E-state index in [0.29, 0.717) is 18.4 Å². The fraction of sp³-hybridized carbons (Fsp3) is 0.467. The molecule has 1 saturated carbocycles. The summed E-state index contributed by atoms with van der Waals surface area (Å²) < 4.78 is 10.7. The van der Waals surface area contributed by atoms with Crippen LogP contribution in [0.4, 0.5) is 0 Å². The molecule has 1 aromatic carbocycles. The zero-order valence-electron chi connectivity index (χ0n) is 10.9. The van der Waals surface area contributed by atoms with E-state index in [1.165, 1.54) is 0 Å². The Morgan fingerprint density at radius 2 is 2.10 bits per heavy atom. The van der Waals surface area contributed by atoms with Crippen LogP contribution in [0, 0.1) is 11.8 Å². The molecule has 2 fully saturated rings. The van der Waals surface area contributed by atoms with Crippen LogP contribution in [0.1, 0.15) is 23.2 Å². The zero-order valence-corrected chi connectivity index (χ0v) is 10.9. The van der Waals surface area contributed by atoms with Crippen molar-refractivity contribution < 1.29 is 24.2 Å². The number of benzene rings is 1. The van der Waals surface area contributed by atoms with Crippen molar-refractivity contribution in [2.24, 2.45) is 11.8 Å². The third-order valence-electron chi connectivity index (χ3n) is 4.13. The predicted octanol–water partition coefficient (Wildman–Crippen LogP) is 1.16. The van der Waals surface area contributed by atoms with Crippen molar-refractivity contribution >= 4 is 11.9 Å². The minimum Gasteiger partial charge on any atom is -0.462 e. The van der Waals surface area contributed by atoms with Crippen molar-refractivity contribution in [3.8, 4) is 0 Å². The van der Waals surface area contributed by atoms with Gasteiger partial charge in [0.05, 0.1) is 12.0 Å². The lowest BCUT2D eigenvalue weighted by atomic mass is 9.93. The fourth-order valence-corrected chi connectivity index (χ4v) is 3.13. The monoisotopic (exact) mass is 276 g/mol. The van der Waals surface area contributed by atoms with Gasteiger partial charge in [0.2, 0.25) is 0 Å². The molecule has 2 aliphatic rings. The van der Waals surface area contributed by atoms with Crippen molar-refractivity contribution in [1.82, 2.24) is 0 Å². The summed E-state index contributed by atoms with van der Waals surface area (Å²) >= 11 is 0. The maximum atomic E-state index is 12.0. The van der Waals surface area contributed by atoms with E-state index in [2.05, 4.69) is 0 Å². The molecule has 1 aliphatic heterocycles. The smallest absolute Gasteiger partial charge is 0.338 e. The molecular formula is C15H16O5. The van der Waals surface area contributed by atoms with Gasteiger partial charge in [0.1, 0.15) is 12.2 Å². The fourth-order valence-electron chi connectivity index (χ4n) is 3.13. The van der Waals surface area contributed by atoms with Gasteiger partial charge in [0.15, 0.2) is 0 Å². The highest BCUT2D eigenvalue weighted by atomic mass is 16.6. The van der Waals surface area contributed by atoms with E-state index >= 15 is 0 Å². The number of carbonyl (C=O) groups excluding carboxylic acids is 2. The van der Waals surface area contributed by atoms with Gasteiger partial charge >= 0.3 is 11.9 Å². The van der Waals surface area contributed by atoms with Crippen molar-refractivity contribution in [2.75, 3.05) is 6.61 Å². The van der Waals surface area contributed by atoms with Gasteiger partial charge in [0, 0.05) is 24.9 Å². The molecule has 1 saturated heterocycles. The quantitative estimate of drug-likeness (QED) is 0.839. The van der Waals surface area contributed by atoms with Crippen LogP contribution in [-0.2, 0) is 14.3 Å². The van der Waals surface area contributed by atoms with Crippen molar-refractivity contribution in [2.45, 2.75) is 25.0 Å². The highest BCUT2D eigenvalue weighted by molar-refractivity contribution is 5.89. The Morgan fingerprint density at radius 1 is 1.35 bits per heavy atom. The number of carbonyl (C=O) groups is 2. The molecule has 1 aliphatic carbocycles. The summed E-state index contributed by atoms with van der Waals surface area (Å²) in [6.45, 7) is -0.107. The largest absolute Gasteiger partial charge is 0.462 e. The van der Waals surface area contributed by atoms with Crippen LogP contribution < -0.4 is 0 Å². The number of aliphatic hydroxyl groups is 1. The van der Waals surface area contributed by atoms with Crippen LogP contribution in [-0.4, -0.2) is 35.9 Å². The van der Waals surface area contributed by atoms with Gasteiger partial charge in [-0.15, -0.1) is 0 Å². The summed E-state index contributed by atoms with van der Waals surface area (Å²) in [6, 6.07) is 8.74. The molecule has 0 unspecified atom stereocenters. The molecule has 4 atom stereocenters. The molecule has 0 radical (unpaired) electrons. The predicted molar refractivity (Wildman–Crippen MR) is 68.8 cm³/mol. The average Bonchev–Trinajstić information content (AvgIpc) is 2.95. The average molecular weight is 276 g/mol. The van der Waals surface area contributed by atoms with Crippen LogP contribution in [0.2, 0.25) is 0 Å². The second-order valence-corrected chi connectivity index (χ2v) is 5.29. The van der Waals surface area contributed by atoms with Gasteiger partial charge in [-0.05, 0) is 12.1 Å². The van der Waals surface area contributed by atoms with Crippen molar-refractivity contribution in [3.05, 3.63) is 35.9 Å². The molecule has 20 heavy (non-hydrogen) atoms. The lowest BCUT2D eigenvalue weighted by molar-refractivity contribution is -0.141. The summed E-state index contributed by atoms with van der Waals surface area (Å²) in [4.78, 5) is 23.3. The molecule has 0 aromatic heterocycles. The molecule has 106 valence electrons. The van der Waals surface area contributed by atoms with Crippen molar-refractivity contribution in [1.29, 1.82) is 0 Å². The molecular weight excluding hydrogens is 260 g/mol. The van der Waals surface area contributed by atoms with E-state index in [9.17, 15) is 14.7 Å². The first kappa shape index (κ1) is 13.1. The van der Waals surface area contributed by atoms with E-state index in [0.717, 1.165) is 0 Å². The third-order valence-corrected chi connectivity index (χ3v) is 4.13. The Bertz CT molecular complexity index is 512. The Labute approximate surface area is 116 Å². The van der Waals surface area contributed by atoms with Crippen LogP contribution >= 0.6 is 0 Å². The lowest BCUT2D eigenvalue weighted by Gasteiger charge is -2.20. The third kappa shape index (κ3) is 2.29. The van der Waals surface area contributed by atoms with Crippen LogP contribution in [0.25, 0.3) is 0 Å². The van der Waals surface area contributed by atoms with Crippen LogP contribution in [0.3, 0.4) is 0 Å². The minimum absolute atomic E-state index is 0.0407. The van der Waals surface area contributed by atoms with E-state index in [1.54, 1.807) is 24.3 Å². The number of hydrogen-bond donors (Lipinski definition) is 1. The van der Waals surface area contributed by atoms with Crippen molar-refractivity contribution in [3.63, 3.8) is 0 Å². The summed E-state index contributed by atoms with van der Waals surface area (Å²) in [7, 11) is 0. The molecule has 0 amide bonds. The highest BCUT2D eigenvalue weighted by Crippen LogP contribution is 2.42. The van der Waals surface area contributed by atoms with Crippen LogP contribution in [0.5, 0.6) is 0 Å². The normalized spacial score (nSPS) is 31.8. The number of ether oxygens (including phenoxy) is 2. The molecule has 5 heteroatoms. The molecule has 5 nitrogen and oxygen atoms in total. The standard InChI is InChI=1S/C15H16O5/c16-8-11-10-6-14(17)19-12(10)7-13(11)20-15(18)9-4-2-1-3-5-9/h1-5,10-13,16H,6-8H2/t10-,11-,12-,13-/m0/s1. The van der Waals surface area contributed by atoms with Crippen LogP contribution in [0.15, 0.2) is 30.3 Å². The zero-order chi connectivity index (χ0) is 14.1. The minimum atomic E-state index is -0.402. The molecule has 0 spiro atoms. The SMILES string of the molecule is O=C1C[C@H]2[C@H](CO)[C@@H](OC(=O)c3ccccc3)C[C@@H]2O1. The van der Waals surface area contributed by atoms with Gasteiger partial charge in [0.25, 0.3) is 0 Å². The molecule has 1 heterocycles. The Hall–Kier alpha value is -1.88. The van der Waals surface area contributed by atoms with E-state index in [1.807, 2.05) is 6.07 Å². The number of rotatable bonds is 3. The highest BCUT2D eigenvalue weighted by Gasteiger charge is 2.51. The first-order valence-corrected chi connectivity index (χ1v) is 6.75. The van der Waals surface area contributed by atoms with Gasteiger partial charge in [-0.25, -0.2) is 4.79 Å². The van der Waals surface area contributed by atoms with E-state index in [-0.39, 0.29) is 30.5 Å². The molecule has 3 rings (SSSR count). The molecule has 0 bridgehead atoms. The maximum absolute atomic E-state index is 12.0.